The fourth-order valence-electron chi connectivity index (χ4n) is 1.61. The van der Waals surface area contributed by atoms with Gasteiger partial charge in [0.15, 0.2) is 0 Å². The highest BCUT2D eigenvalue weighted by molar-refractivity contribution is 5.85. The average molecular weight is 269 g/mol. The molecule has 2 rings (SSSR count). The molecule has 0 saturated carbocycles. The zero-order valence-corrected chi connectivity index (χ0v) is 11.1. The van der Waals surface area contributed by atoms with E-state index in [1.54, 1.807) is 12.4 Å². The molecule has 0 aliphatic heterocycles. The van der Waals surface area contributed by atoms with Gasteiger partial charge in [-0.2, -0.15) is 0 Å². The SMILES string of the molecule is CCc1ccc(Nc2ncc(/C=C/C(=O)O)cn2)cc1. The molecule has 0 radical (unpaired) electrons. The highest BCUT2D eigenvalue weighted by Gasteiger charge is 1.98. The summed E-state index contributed by atoms with van der Waals surface area (Å²) in [6.45, 7) is 2.11. The Kier molecular flexibility index (Phi) is 4.44. The minimum Gasteiger partial charge on any atom is -0.478 e. The molecule has 0 aliphatic rings. The fraction of sp³-hybridized carbons (Fsp3) is 0.133. The first kappa shape index (κ1) is 13.7. The zero-order chi connectivity index (χ0) is 14.4. The number of aliphatic carboxylic acids is 1. The van der Waals surface area contributed by atoms with Gasteiger partial charge >= 0.3 is 5.97 Å². The van der Waals surface area contributed by atoms with Gasteiger partial charge in [-0.05, 0) is 30.2 Å². The maximum absolute atomic E-state index is 10.4. The summed E-state index contributed by atoms with van der Waals surface area (Å²) in [4.78, 5) is 18.6. The van der Waals surface area contributed by atoms with Crippen LogP contribution in [0.25, 0.3) is 6.08 Å². The summed E-state index contributed by atoms with van der Waals surface area (Å²) in [6.07, 6.45) is 6.63. The smallest absolute Gasteiger partial charge is 0.328 e. The van der Waals surface area contributed by atoms with Crippen molar-refractivity contribution in [2.24, 2.45) is 0 Å². The molecule has 1 aromatic heterocycles. The van der Waals surface area contributed by atoms with Crippen LogP contribution in [0.3, 0.4) is 0 Å². The first-order valence-corrected chi connectivity index (χ1v) is 6.26. The molecule has 0 amide bonds. The second kappa shape index (κ2) is 6.47. The van der Waals surface area contributed by atoms with Crippen molar-refractivity contribution in [2.45, 2.75) is 13.3 Å². The second-order valence-corrected chi connectivity index (χ2v) is 4.19. The van der Waals surface area contributed by atoms with E-state index in [-0.39, 0.29) is 0 Å². The van der Waals surface area contributed by atoms with Gasteiger partial charge in [-0.25, -0.2) is 14.8 Å². The van der Waals surface area contributed by atoms with E-state index in [1.165, 1.54) is 11.6 Å². The average Bonchev–Trinajstić information content (AvgIpc) is 2.47. The summed E-state index contributed by atoms with van der Waals surface area (Å²) in [5.41, 5.74) is 2.82. The van der Waals surface area contributed by atoms with Crippen LogP contribution in [0.5, 0.6) is 0 Å². The molecule has 0 aliphatic carbocycles. The number of benzene rings is 1. The number of anilines is 2. The van der Waals surface area contributed by atoms with Crippen molar-refractivity contribution < 1.29 is 9.90 Å². The minimum atomic E-state index is -0.997. The molecule has 0 spiro atoms. The molecule has 0 atom stereocenters. The molecule has 0 saturated heterocycles. The number of nitrogens with one attached hydrogen (secondary N) is 1. The Morgan fingerprint density at radius 2 is 1.90 bits per heavy atom. The summed E-state index contributed by atoms with van der Waals surface area (Å²) >= 11 is 0. The number of hydrogen-bond donors (Lipinski definition) is 2. The van der Waals surface area contributed by atoms with Crippen molar-refractivity contribution >= 4 is 23.7 Å². The molecule has 20 heavy (non-hydrogen) atoms. The van der Waals surface area contributed by atoms with Crippen LogP contribution in [0.2, 0.25) is 0 Å². The van der Waals surface area contributed by atoms with Crippen molar-refractivity contribution in [3.63, 3.8) is 0 Å². The van der Waals surface area contributed by atoms with Crippen LogP contribution in [0.15, 0.2) is 42.7 Å². The lowest BCUT2D eigenvalue weighted by molar-refractivity contribution is -0.131. The lowest BCUT2D eigenvalue weighted by atomic mass is 10.1. The molecule has 5 nitrogen and oxygen atoms in total. The topological polar surface area (TPSA) is 75.1 Å². The third kappa shape index (κ3) is 3.91. The first-order chi connectivity index (χ1) is 9.67. The molecule has 5 heteroatoms. The van der Waals surface area contributed by atoms with Crippen molar-refractivity contribution in [2.75, 3.05) is 5.32 Å². The number of carboxylic acids is 1. The quantitative estimate of drug-likeness (QED) is 0.816. The lowest BCUT2D eigenvalue weighted by Gasteiger charge is -2.05. The van der Waals surface area contributed by atoms with Crippen LogP contribution < -0.4 is 5.32 Å². The molecule has 0 bridgehead atoms. The standard InChI is InChI=1S/C15H15N3O2/c1-2-11-3-6-13(7-4-11)18-15-16-9-12(10-17-15)5-8-14(19)20/h3-10H,2H2,1H3,(H,19,20)(H,16,17,18)/b8-5+. The van der Waals surface area contributed by atoms with E-state index in [0.29, 0.717) is 11.5 Å². The molecule has 2 aromatic rings. The van der Waals surface area contributed by atoms with Gasteiger partial charge in [0.05, 0.1) is 0 Å². The maximum Gasteiger partial charge on any atom is 0.328 e. The summed E-state index contributed by atoms with van der Waals surface area (Å²) in [5, 5.41) is 11.6. The van der Waals surface area contributed by atoms with Crippen LogP contribution >= 0.6 is 0 Å². The first-order valence-electron chi connectivity index (χ1n) is 6.26. The maximum atomic E-state index is 10.4. The molecule has 1 heterocycles. The largest absolute Gasteiger partial charge is 0.478 e. The molecule has 1 aromatic carbocycles. The number of hydrogen-bond acceptors (Lipinski definition) is 4. The Morgan fingerprint density at radius 1 is 1.25 bits per heavy atom. The third-order valence-corrected chi connectivity index (χ3v) is 2.71. The van der Waals surface area contributed by atoms with E-state index >= 15 is 0 Å². The van der Waals surface area contributed by atoms with E-state index < -0.39 is 5.97 Å². The molecular weight excluding hydrogens is 254 g/mol. The molecule has 0 fully saturated rings. The van der Waals surface area contributed by atoms with Crippen LogP contribution in [-0.2, 0) is 11.2 Å². The van der Waals surface area contributed by atoms with E-state index in [2.05, 4.69) is 22.2 Å². The van der Waals surface area contributed by atoms with E-state index in [4.69, 9.17) is 5.11 Å². The van der Waals surface area contributed by atoms with Crippen LogP contribution in [0.1, 0.15) is 18.1 Å². The van der Waals surface area contributed by atoms with Crippen molar-refractivity contribution in [3.8, 4) is 0 Å². The van der Waals surface area contributed by atoms with Crippen molar-refractivity contribution in [1.82, 2.24) is 9.97 Å². The second-order valence-electron chi connectivity index (χ2n) is 4.19. The monoisotopic (exact) mass is 269 g/mol. The summed E-state index contributed by atoms with van der Waals surface area (Å²) in [5.74, 6) is -0.523. The number of carboxylic acid groups (broad SMARTS) is 1. The number of carbonyl (C=O) groups is 1. The van der Waals surface area contributed by atoms with Crippen molar-refractivity contribution in [1.29, 1.82) is 0 Å². The lowest BCUT2D eigenvalue weighted by Crippen LogP contribution is -1.97. The van der Waals surface area contributed by atoms with E-state index in [0.717, 1.165) is 18.2 Å². The van der Waals surface area contributed by atoms with Gasteiger partial charge < -0.3 is 10.4 Å². The fourth-order valence-corrected chi connectivity index (χ4v) is 1.61. The summed E-state index contributed by atoms with van der Waals surface area (Å²) in [6, 6.07) is 8.04. The summed E-state index contributed by atoms with van der Waals surface area (Å²) in [7, 11) is 0. The Hall–Kier alpha value is -2.69. The highest BCUT2D eigenvalue weighted by atomic mass is 16.4. The number of nitrogens with zero attached hydrogens (tertiary/aromatic N) is 2. The van der Waals surface area contributed by atoms with Gasteiger partial charge in [-0.15, -0.1) is 0 Å². The van der Waals surface area contributed by atoms with Gasteiger partial charge in [-0.1, -0.05) is 19.1 Å². The van der Waals surface area contributed by atoms with Crippen LogP contribution in [-0.4, -0.2) is 21.0 Å². The molecular formula is C15H15N3O2. The van der Waals surface area contributed by atoms with Gasteiger partial charge in [0, 0.05) is 29.7 Å². The Bertz CT molecular complexity index is 604. The minimum absolute atomic E-state index is 0.474. The number of aryl methyl sites for hydroxylation is 1. The molecule has 0 unspecified atom stereocenters. The van der Waals surface area contributed by atoms with Gasteiger partial charge in [-0.3, -0.25) is 0 Å². The van der Waals surface area contributed by atoms with Gasteiger partial charge in [0.1, 0.15) is 0 Å². The number of aromatic nitrogens is 2. The number of rotatable bonds is 5. The van der Waals surface area contributed by atoms with E-state index in [1.807, 2.05) is 24.3 Å². The Balaban J connectivity index is 2.04. The Morgan fingerprint density at radius 3 is 2.45 bits per heavy atom. The molecule has 102 valence electrons. The third-order valence-electron chi connectivity index (χ3n) is 2.71. The van der Waals surface area contributed by atoms with Gasteiger partial charge in [0.25, 0.3) is 0 Å². The Labute approximate surface area is 117 Å². The van der Waals surface area contributed by atoms with E-state index in [9.17, 15) is 4.79 Å². The molecule has 2 N–H and O–H groups in total. The predicted molar refractivity (Wildman–Crippen MR) is 77.8 cm³/mol. The van der Waals surface area contributed by atoms with Gasteiger partial charge in [0.2, 0.25) is 5.95 Å². The normalized spacial score (nSPS) is 10.7. The van der Waals surface area contributed by atoms with Crippen molar-refractivity contribution in [3.05, 3.63) is 53.9 Å². The zero-order valence-electron chi connectivity index (χ0n) is 11.1. The predicted octanol–water partition coefficient (Wildman–Crippen LogP) is 2.88. The summed E-state index contributed by atoms with van der Waals surface area (Å²) < 4.78 is 0. The van der Waals surface area contributed by atoms with Crippen LogP contribution in [0.4, 0.5) is 11.6 Å². The highest BCUT2D eigenvalue weighted by Crippen LogP contribution is 2.14. The van der Waals surface area contributed by atoms with Crippen LogP contribution in [0, 0.1) is 0 Å².